The van der Waals surface area contributed by atoms with Crippen molar-refractivity contribution in [3.05, 3.63) is 17.8 Å². The number of carboxylic acid groups (broad SMARTS) is 1. The lowest BCUT2D eigenvalue weighted by Crippen LogP contribution is -2.49. The van der Waals surface area contributed by atoms with Gasteiger partial charge in [0, 0.05) is 6.07 Å². The van der Waals surface area contributed by atoms with Gasteiger partial charge in [-0.25, -0.2) is 4.79 Å². The first kappa shape index (κ1) is 12.9. The van der Waals surface area contributed by atoms with Gasteiger partial charge in [0.15, 0.2) is 5.69 Å². The third-order valence-corrected chi connectivity index (χ3v) is 2.04. The number of ether oxygens (including phenoxy) is 1. The average molecular weight is 239 g/mol. The molecule has 7 heteroatoms. The number of nitrogens with zero attached hydrogens (tertiary/aromatic N) is 2. The molecule has 0 unspecified atom stereocenters. The summed E-state index contributed by atoms with van der Waals surface area (Å²) in [6, 6.07) is 2.87. The van der Waals surface area contributed by atoms with Gasteiger partial charge in [-0.3, -0.25) is 4.79 Å². The van der Waals surface area contributed by atoms with Gasteiger partial charge in [0.2, 0.25) is 5.88 Å². The van der Waals surface area contributed by atoms with Gasteiger partial charge in [-0.2, -0.15) is 0 Å². The van der Waals surface area contributed by atoms with E-state index in [0.717, 1.165) is 0 Å². The number of carbonyl (C=O) groups excluding carboxylic acids is 1. The molecule has 0 radical (unpaired) electrons. The monoisotopic (exact) mass is 239 g/mol. The number of carboxylic acids is 1. The van der Waals surface area contributed by atoms with Crippen LogP contribution in [0.3, 0.4) is 0 Å². The van der Waals surface area contributed by atoms with E-state index < -0.39 is 17.4 Å². The van der Waals surface area contributed by atoms with E-state index in [-0.39, 0.29) is 11.6 Å². The van der Waals surface area contributed by atoms with Gasteiger partial charge < -0.3 is 15.2 Å². The van der Waals surface area contributed by atoms with Crippen LogP contribution < -0.4 is 10.1 Å². The van der Waals surface area contributed by atoms with Crippen molar-refractivity contribution in [2.45, 2.75) is 19.4 Å². The molecule has 7 nitrogen and oxygen atoms in total. The molecule has 0 spiro atoms. The van der Waals surface area contributed by atoms with Gasteiger partial charge in [-0.1, -0.05) is 0 Å². The summed E-state index contributed by atoms with van der Waals surface area (Å²) >= 11 is 0. The number of methoxy groups -OCH3 is 1. The summed E-state index contributed by atoms with van der Waals surface area (Å²) in [6.45, 7) is 2.76. The Hall–Kier alpha value is -2.18. The minimum absolute atomic E-state index is 0.0279. The van der Waals surface area contributed by atoms with Crippen LogP contribution in [0.1, 0.15) is 24.3 Å². The van der Waals surface area contributed by atoms with Crippen molar-refractivity contribution in [3.63, 3.8) is 0 Å². The van der Waals surface area contributed by atoms with E-state index in [0.29, 0.717) is 0 Å². The molecule has 17 heavy (non-hydrogen) atoms. The molecule has 2 N–H and O–H groups in total. The van der Waals surface area contributed by atoms with E-state index in [2.05, 4.69) is 15.5 Å². The average Bonchev–Trinajstić information content (AvgIpc) is 2.28. The molecule has 1 rings (SSSR count). The van der Waals surface area contributed by atoms with Gasteiger partial charge in [-0.05, 0) is 19.9 Å². The smallest absolute Gasteiger partial charge is 0.328 e. The molecule has 1 aromatic heterocycles. The molecule has 0 atom stereocenters. The number of rotatable bonds is 4. The maximum absolute atomic E-state index is 11.6. The standard InChI is InChI=1S/C10H13N3O4/c1-10(2,9(15)16)11-8(14)6-4-5-7(17-3)13-12-6/h4-5H,1-3H3,(H,11,14)(H,15,16). The lowest BCUT2D eigenvalue weighted by atomic mass is 10.1. The fraction of sp³-hybridized carbons (Fsp3) is 0.400. The molecule has 0 aliphatic heterocycles. The summed E-state index contributed by atoms with van der Waals surface area (Å²) in [6.07, 6.45) is 0. The van der Waals surface area contributed by atoms with E-state index in [1.165, 1.54) is 33.1 Å². The lowest BCUT2D eigenvalue weighted by molar-refractivity contribution is -0.143. The third kappa shape index (κ3) is 3.13. The summed E-state index contributed by atoms with van der Waals surface area (Å²) in [7, 11) is 1.43. The molecule has 0 fully saturated rings. The molecular weight excluding hydrogens is 226 g/mol. The topological polar surface area (TPSA) is 101 Å². The normalized spacial score (nSPS) is 10.8. The summed E-state index contributed by atoms with van der Waals surface area (Å²) < 4.78 is 4.79. The fourth-order valence-corrected chi connectivity index (χ4v) is 0.951. The number of hydrogen-bond donors (Lipinski definition) is 2. The van der Waals surface area contributed by atoms with Crippen LogP contribution in [0.5, 0.6) is 5.88 Å². The second-order valence-corrected chi connectivity index (χ2v) is 3.85. The Morgan fingerprint density at radius 2 is 2.00 bits per heavy atom. The Kier molecular flexibility index (Phi) is 3.62. The highest BCUT2D eigenvalue weighted by atomic mass is 16.5. The highest BCUT2D eigenvalue weighted by Gasteiger charge is 2.29. The number of aromatic nitrogens is 2. The first-order valence-corrected chi connectivity index (χ1v) is 4.80. The highest BCUT2D eigenvalue weighted by molar-refractivity contribution is 5.95. The molecule has 1 aromatic rings. The largest absolute Gasteiger partial charge is 0.480 e. The third-order valence-electron chi connectivity index (χ3n) is 2.04. The molecule has 0 bridgehead atoms. The van der Waals surface area contributed by atoms with Crippen LogP contribution in [0.15, 0.2) is 12.1 Å². The lowest BCUT2D eigenvalue weighted by Gasteiger charge is -2.20. The molecule has 1 heterocycles. The summed E-state index contributed by atoms with van der Waals surface area (Å²) in [5, 5.41) is 18.4. The Labute approximate surface area is 97.8 Å². The zero-order valence-electron chi connectivity index (χ0n) is 9.72. The van der Waals surface area contributed by atoms with Crippen LogP contribution >= 0.6 is 0 Å². The number of carbonyl (C=O) groups is 2. The molecule has 92 valence electrons. The van der Waals surface area contributed by atoms with Gasteiger partial charge >= 0.3 is 5.97 Å². The molecule has 0 saturated carbocycles. The van der Waals surface area contributed by atoms with Crippen molar-refractivity contribution in [2.24, 2.45) is 0 Å². The minimum atomic E-state index is -1.36. The van der Waals surface area contributed by atoms with Crippen molar-refractivity contribution >= 4 is 11.9 Å². The maximum atomic E-state index is 11.6. The molecule has 1 amide bonds. The number of hydrogen-bond acceptors (Lipinski definition) is 5. The predicted octanol–water partition coefficient (Wildman–Crippen LogP) is 0.0782. The van der Waals surface area contributed by atoms with Crippen LogP contribution in [0.2, 0.25) is 0 Å². The SMILES string of the molecule is COc1ccc(C(=O)NC(C)(C)C(=O)O)nn1. The van der Waals surface area contributed by atoms with E-state index in [1.54, 1.807) is 0 Å². The highest BCUT2D eigenvalue weighted by Crippen LogP contribution is 2.06. The van der Waals surface area contributed by atoms with Gasteiger partial charge in [0.1, 0.15) is 5.54 Å². The second kappa shape index (κ2) is 4.77. The van der Waals surface area contributed by atoms with Crippen LogP contribution in [0, 0.1) is 0 Å². The van der Waals surface area contributed by atoms with Crippen LogP contribution in [0.25, 0.3) is 0 Å². The molecule has 0 aliphatic carbocycles. The van der Waals surface area contributed by atoms with Gasteiger partial charge in [-0.15, -0.1) is 10.2 Å². The van der Waals surface area contributed by atoms with E-state index in [4.69, 9.17) is 9.84 Å². The van der Waals surface area contributed by atoms with Crippen LogP contribution in [-0.2, 0) is 4.79 Å². The van der Waals surface area contributed by atoms with Crippen molar-refractivity contribution in [2.75, 3.05) is 7.11 Å². The zero-order chi connectivity index (χ0) is 13.1. The maximum Gasteiger partial charge on any atom is 0.328 e. The molecular formula is C10H13N3O4. The Morgan fingerprint density at radius 3 is 2.41 bits per heavy atom. The predicted molar refractivity (Wildman–Crippen MR) is 57.8 cm³/mol. The number of amides is 1. The van der Waals surface area contributed by atoms with Gasteiger partial charge in [0.05, 0.1) is 7.11 Å². The Balaban J connectivity index is 2.80. The van der Waals surface area contributed by atoms with E-state index in [1.807, 2.05) is 0 Å². The van der Waals surface area contributed by atoms with Gasteiger partial charge in [0.25, 0.3) is 5.91 Å². The Morgan fingerprint density at radius 1 is 1.35 bits per heavy atom. The molecule has 0 aliphatic rings. The second-order valence-electron chi connectivity index (χ2n) is 3.85. The Bertz CT molecular complexity index is 428. The minimum Gasteiger partial charge on any atom is -0.480 e. The molecule has 0 aromatic carbocycles. The summed E-state index contributed by atoms with van der Waals surface area (Å²) in [5.41, 5.74) is -1.33. The van der Waals surface area contributed by atoms with Crippen molar-refractivity contribution < 1.29 is 19.4 Å². The van der Waals surface area contributed by atoms with E-state index >= 15 is 0 Å². The van der Waals surface area contributed by atoms with Crippen molar-refractivity contribution in [1.82, 2.24) is 15.5 Å². The first-order valence-electron chi connectivity index (χ1n) is 4.80. The zero-order valence-corrected chi connectivity index (χ0v) is 9.72. The fourth-order valence-electron chi connectivity index (χ4n) is 0.951. The van der Waals surface area contributed by atoms with Crippen molar-refractivity contribution in [1.29, 1.82) is 0 Å². The number of aliphatic carboxylic acids is 1. The summed E-state index contributed by atoms with van der Waals surface area (Å²) in [4.78, 5) is 22.5. The quantitative estimate of drug-likeness (QED) is 0.771. The first-order chi connectivity index (χ1) is 7.86. The van der Waals surface area contributed by atoms with Crippen LogP contribution in [-0.4, -0.2) is 39.8 Å². The van der Waals surface area contributed by atoms with Crippen molar-refractivity contribution in [3.8, 4) is 5.88 Å². The van der Waals surface area contributed by atoms with Crippen LogP contribution in [0.4, 0.5) is 0 Å². The number of nitrogens with one attached hydrogen (secondary N) is 1. The van der Waals surface area contributed by atoms with E-state index in [9.17, 15) is 9.59 Å². The molecule has 0 saturated heterocycles. The summed E-state index contributed by atoms with van der Waals surface area (Å²) in [5.74, 6) is -1.46.